The molecule has 0 spiro atoms. The first-order valence-corrected chi connectivity index (χ1v) is 8.48. The molecule has 0 radical (unpaired) electrons. The van der Waals surface area contributed by atoms with E-state index >= 15 is 0 Å². The van der Waals surface area contributed by atoms with Gasteiger partial charge in [-0.2, -0.15) is 0 Å². The summed E-state index contributed by atoms with van der Waals surface area (Å²) in [6.07, 6.45) is 0.314. The van der Waals surface area contributed by atoms with E-state index in [-0.39, 0.29) is 18.3 Å². The number of amides is 1. The Morgan fingerprint density at radius 3 is 2.46 bits per heavy atom. The third kappa shape index (κ3) is 7.04. The summed E-state index contributed by atoms with van der Waals surface area (Å²) >= 11 is 0. The van der Waals surface area contributed by atoms with E-state index in [1.54, 1.807) is 12.1 Å². The second-order valence-electron chi connectivity index (χ2n) is 5.81. The lowest BCUT2D eigenvalue weighted by atomic mass is 10.1. The second-order valence-corrected chi connectivity index (χ2v) is 5.81. The molecule has 26 heavy (non-hydrogen) atoms. The van der Waals surface area contributed by atoms with Crippen LogP contribution in [0.25, 0.3) is 0 Å². The highest BCUT2D eigenvalue weighted by Crippen LogP contribution is 2.20. The third-order valence-corrected chi connectivity index (χ3v) is 3.90. The lowest BCUT2D eigenvalue weighted by molar-refractivity contribution is -0.115. The van der Waals surface area contributed by atoms with Gasteiger partial charge in [0, 0.05) is 18.0 Å². The quantitative estimate of drug-likeness (QED) is 0.515. The number of hydrogen-bond donors (Lipinski definition) is 2. The molecule has 2 rings (SSSR count). The van der Waals surface area contributed by atoms with Crippen LogP contribution in [0.5, 0.6) is 0 Å². The number of carbonyl (C=O) groups excluding carboxylic acids is 1. The van der Waals surface area contributed by atoms with Crippen LogP contribution in [0.4, 0.5) is 11.4 Å². The van der Waals surface area contributed by atoms with Crippen LogP contribution in [0.2, 0.25) is 0 Å². The van der Waals surface area contributed by atoms with Gasteiger partial charge in [-0.05, 0) is 48.7 Å². The third-order valence-electron chi connectivity index (χ3n) is 3.90. The van der Waals surface area contributed by atoms with E-state index < -0.39 is 0 Å². The SMILES string of the molecule is CCOCCOCc1cccc(NC(=O)Cc2ccc(N)cc2)c1C.Cl. The van der Waals surface area contributed by atoms with Gasteiger partial charge in [0.05, 0.1) is 26.2 Å². The molecule has 0 aliphatic heterocycles. The summed E-state index contributed by atoms with van der Waals surface area (Å²) in [6.45, 7) is 6.29. The Bertz CT molecular complexity index is 690. The molecule has 0 atom stereocenters. The van der Waals surface area contributed by atoms with Gasteiger partial charge in [-0.15, -0.1) is 12.4 Å². The predicted octanol–water partition coefficient (Wildman–Crippen LogP) is 3.73. The maximum atomic E-state index is 12.3. The standard InChI is InChI=1S/C20H26N2O3.ClH/c1-3-24-11-12-25-14-17-5-4-6-19(15(17)2)22-20(23)13-16-7-9-18(21)10-8-16;/h4-10H,3,11-14,21H2,1-2H3,(H,22,23);1H. The molecule has 3 N–H and O–H groups in total. The van der Waals surface area contributed by atoms with Gasteiger partial charge in [-0.1, -0.05) is 24.3 Å². The Morgan fingerprint density at radius 2 is 1.77 bits per heavy atom. The van der Waals surface area contributed by atoms with Crippen molar-refractivity contribution in [2.24, 2.45) is 0 Å². The van der Waals surface area contributed by atoms with Crippen molar-refractivity contribution in [3.8, 4) is 0 Å². The van der Waals surface area contributed by atoms with Gasteiger partial charge in [0.1, 0.15) is 0 Å². The first-order chi connectivity index (χ1) is 12.1. The zero-order chi connectivity index (χ0) is 18.1. The molecule has 0 unspecified atom stereocenters. The average molecular weight is 379 g/mol. The van der Waals surface area contributed by atoms with Crippen molar-refractivity contribution >= 4 is 29.7 Å². The molecule has 0 saturated carbocycles. The van der Waals surface area contributed by atoms with Gasteiger partial charge in [0.25, 0.3) is 0 Å². The Labute approximate surface area is 161 Å². The van der Waals surface area contributed by atoms with Crippen molar-refractivity contribution < 1.29 is 14.3 Å². The maximum absolute atomic E-state index is 12.3. The highest BCUT2D eigenvalue weighted by molar-refractivity contribution is 5.93. The van der Waals surface area contributed by atoms with E-state index in [9.17, 15) is 4.79 Å². The summed E-state index contributed by atoms with van der Waals surface area (Å²) in [7, 11) is 0. The second kappa shape index (κ2) is 11.5. The highest BCUT2D eigenvalue weighted by Gasteiger charge is 2.09. The van der Waals surface area contributed by atoms with Crippen LogP contribution in [0, 0.1) is 6.92 Å². The number of hydrogen-bond acceptors (Lipinski definition) is 4. The molecule has 2 aromatic carbocycles. The number of nitrogen functional groups attached to an aromatic ring is 1. The zero-order valence-corrected chi connectivity index (χ0v) is 16.1. The largest absolute Gasteiger partial charge is 0.399 e. The van der Waals surface area contributed by atoms with Crippen molar-refractivity contribution in [1.29, 1.82) is 0 Å². The molecule has 0 bridgehead atoms. The molecule has 0 aliphatic rings. The molecule has 5 nitrogen and oxygen atoms in total. The smallest absolute Gasteiger partial charge is 0.228 e. The van der Waals surface area contributed by atoms with Crippen LogP contribution in [0.1, 0.15) is 23.6 Å². The number of nitrogens with two attached hydrogens (primary N) is 1. The van der Waals surface area contributed by atoms with E-state index in [0.29, 0.717) is 38.5 Å². The van der Waals surface area contributed by atoms with Crippen LogP contribution in [0.3, 0.4) is 0 Å². The van der Waals surface area contributed by atoms with Crippen LogP contribution in [-0.4, -0.2) is 25.7 Å². The summed E-state index contributed by atoms with van der Waals surface area (Å²) in [5, 5.41) is 2.97. The number of benzene rings is 2. The van der Waals surface area contributed by atoms with E-state index in [4.69, 9.17) is 15.2 Å². The lowest BCUT2D eigenvalue weighted by Crippen LogP contribution is -2.15. The molecule has 142 valence electrons. The molecular formula is C20H27ClN2O3. The number of anilines is 2. The van der Waals surface area contributed by atoms with Crippen LogP contribution < -0.4 is 11.1 Å². The highest BCUT2D eigenvalue weighted by atomic mass is 35.5. The topological polar surface area (TPSA) is 73.6 Å². The van der Waals surface area contributed by atoms with Gasteiger partial charge in [0.2, 0.25) is 5.91 Å². The number of carbonyl (C=O) groups is 1. The Morgan fingerprint density at radius 1 is 1.08 bits per heavy atom. The van der Waals surface area contributed by atoms with Gasteiger partial charge in [-0.25, -0.2) is 0 Å². The molecule has 6 heteroatoms. The minimum absolute atomic E-state index is 0. The summed E-state index contributed by atoms with van der Waals surface area (Å²) in [6, 6.07) is 13.2. The molecule has 0 saturated heterocycles. The van der Waals surface area contributed by atoms with E-state index in [2.05, 4.69) is 5.32 Å². The minimum atomic E-state index is -0.0534. The monoisotopic (exact) mass is 378 g/mol. The van der Waals surface area contributed by atoms with Crippen LogP contribution >= 0.6 is 12.4 Å². The minimum Gasteiger partial charge on any atom is -0.399 e. The van der Waals surface area contributed by atoms with E-state index in [0.717, 1.165) is 22.4 Å². The van der Waals surface area contributed by atoms with Gasteiger partial charge < -0.3 is 20.5 Å². The first-order valence-electron chi connectivity index (χ1n) is 8.48. The summed E-state index contributed by atoms with van der Waals surface area (Å²) in [5.41, 5.74) is 10.2. The number of ether oxygens (including phenoxy) is 2. The fourth-order valence-corrected chi connectivity index (χ4v) is 2.43. The summed E-state index contributed by atoms with van der Waals surface area (Å²) in [4.78, 5) is 12.3. The Balaban J connectivity index is 0.00000338. The van der Waals surface area contributed by atoms with E-state index in [1.165, 1.54) is 0 Å². The maximum Gasteiger partial charge on any atom is 0.228 e. The zero-order valence-electron chi connectivity index (χ0n) is 15.3. The number of rotatable bonds is 9. The van der Waals surface area contributed by atoms with Crippen molar-refractivity contribution in [1.82, 2.24) is 0 Å². The van der Waals surface area contributed by atoms with Gasteiger partial charge in [-0.3, -0.25) is 4.79 Å². The van der Waals surface area contributed by atoms with Gasteiger partial charge in [0.15, 0.2) is 0 Å². The van der Waals surface area contributed by atoms with Crippen molar-refractivity contribution in [3.63, 3.8) is 0 Å². The normalized spacial score (nSPS) is 10.2. The fourth-order valence-electron chi connectivity index (χ4n) is 2.43. The molecule has 2 aromatic rings. The predicted molar refractivity (Wildman–Crippen MR) is 108 cm³/mol. The van der Waals surface area contributed by atoms with Crippen molar-refractivity contribution in [2.75, 3.05) is 30.9 Å². The number of nitrogens with one attached hydrogen (secondary N) is 1. The Kier molecular flexibility index (Phi) is 9.73. The molecule has 0 aliphatic carbocycles. The van der Waals surface area contributed by atoms with Crippen LogP contribution in [0.15, 0.2) is 42.5 Å². The van der Waals surface area contributed by atoms with Crippen LogP contribution in [-0.2, 0) is 27.3 Å². The average Bonchev–Trinajstić information content (AvgIpc) is 2.60. The summed E-state index contributed by atoms with van der Waals surface area (Å²) in [5.74, 6) is -0.0534. The lowest BCUT2D eigenvalue weighted by Gasteiger charge is -2.13. The molecule has 0 aromatic heterocycles. The molecule has 0 heterocycles. The summed E-state index contributed by atoms with van der Waals surface area (Å²) < 4.78 is 10.9. The Hall–Kier alpha value is -2.08. The number of halogens is 1. The van der Waals surface area contributed by atoms with E-state index in [1.807, 2.05) is 44.2 Å². The molecule has 0 fully saturated rings. The molecular weight excluding hydrogens is 352 g/mol. The fraction of sp³-hybridized carbons (Fsp3) is 0.350. The van der Waals surface area contributed by atoms with Crippen molar-refractivity contribution in [2.45, 2.75) is 26.9 Å². The first kappa shape index (κ1) is 22.0. The molecule has 1 amide bonds. The van der Waals surface area contributed by atoms with Crippen molar-refractivity contribution in [3.05, 3.63) is 59.2 Å². The van der Waals surface area contributed by atoms with Gasteiger partial charge >= 0.3 is 0 Å².